The third-order valence-corrected chi connectivity index (χ3v) is 4.40. The lowest BCUT2D eigenvalue weighted by Gasteiger charge is -2.44. The van der Waals surface area contributed by atoms with Crippen LogP contribution in [-0.2, 0) is 6.42 Å². The predicted molar refractivity (Wildman–Crippen MR) is 89.2 cm³/mol. The zero-order valence-electron chi connectivity index (χ0n) is 14.2. The van der Waals surface area contributed by atoms with E-state index in [1.54, 1.807) is 12.1 Å². The van der Waals surface area contributed by atoms with Gasteiger partial charge in [0.2, 0.25) is 0 Å². The lowest BCUT2D eigenvalue weighted by Crippen LogP contribution is -2.58. The maximum absolute atomic E-state index is 13.4. The molecule has 2 nitrogen and oxygen atoms in total. The summed E-state index contributed by atoms with van der Waals surface area (Å²) in [5, 5.41) is 3.66. The quantitative estimate of drug-likeness (QED) is 0.744. The zero-order valence-corrected chi connectivity index (χ0v) is 14.2. The van der Waals surface area contributed by atoms with Crippen molar-refractivity contribution in [1.29, 1.82) is 0 Å². The van der Waals surface area contributed by atoms with Crippen molar-refractivity contribution in [2.75, 3.05) is 19.6 Å². The minimum atomic E-state index is -0.151. The van der Waals surface area contributed by atoms with Crippen molar-refractivity contribution in [3.05, 3.63) is 35.6 Å². The first-order valence-corrected chi connectivity index (χ1v) is 8.18. The summed E-state index contributed by atoms with van der Waals surface area (Å²) in [5.41, 5.74) is 1.09. The topological polar surface area (TPSA) is 15.3 Å². The van der Waals surface area contributed by atoms with E-state index in [0.29, 0.717) is 6.04 Å². The van der Waals surface area contributed by atoms with E-state index >= 15 is 0 Å². The van der Waals surface area contributed by atoms with E-state index < -0.39 is 0 Å². The average molecular weight is 294 g/mol. The molecule has 0 saturated heterocycles. The minimum absolute atomic E-state index is 0.0327. The Morgan fingerprint density at radius 3 is 2.38 bits per heavy atom. The fourth-order valence-corrected chi connectivity index (χ4v) is 3.05. The molecule has 0 amide bonds. The Morgan fingerprint density at radius 1 is 1.19 bits per heavy atom. The molecule has 0 bridgehead atoms. The van der Waals surface area contributed by atoms with Gasteiger partial charge in [-0.2, -0.15) is 0 Å². The average Bonchev–Trinajstić information content (AvgIpc) is 2.44. The van der Waals surface area contributed by atoms with Crippen LogP contribution in [0.25, 0.3) is 0 Å². The number of likely N-dealkylation sites (N-methyl/N-ethyl adjacent to an activating group) is 1. The summed E-state index contributed by atoms with van der Waals surface area (Å²) in [6.45, 7) is 14.2. The molecular weight excluding hydrogens is 263 g/mol. The van der Waals surface area contributed by atoms with Crippen LogP contribution in [0.15, 0.2) is 24.3 Å². The maximum atomic E-state index is 13.4. The number of halogens is 1. The largest absolute Gasteiger partial charge is 0.312 e. The predicted octanol–water partition coefficient (Wildman–Crippen LogP) is 3.86. The molecule has 0 fully saturated rings. The minimum Gasteiger partial charge on any atom is -0.312 e. The molecule has 0 spiro atoms. The smallest absolute Gasteiger partial charge is 0.123 e. The monoisotopic (exact) mass is 294 g/mol. The van der Waals surface area contributed by atoms with Gasteiger partial charge in [0.1, 0.15) is 5.82 Å². The van der Waals surface area contributed by atoms with Crippen molar-refractivity contribution < 1.29 is 4.39 Å². The molecule has 0 aliphatic rings. The summed E-state index contributed by atoms with van der Waals surface area (Å²) in [5.74, 6) is -0.151. The number of benzene rings is 1. The van der Waals surface area contributed by atoms with Gasteiger partial charge in [-0.3, -0.25) is 4.90 Å². The van der Waals surface area contributed by atoms with Crippen molar-refractivity contribution in [2.24, 2.45) is 0 Å². The maximum Gasteiger partial charge on any atom is 0.123 e. The highest BCUT2D eigenvalue weighted by Gasteiger charge is 2.33. The summed E-state index contributed by atoms with van der Waals surface area (Å²) in [4.78, 5) is 2.47. The molecule has 1 atom stereocenters. The van der Waals surface area contributed by atoms with Crippen LogP contribution >= 0.6 is 0 Å². The van der Waals surface area contributed by atoms with Crippen LogP contribution in [0, 0.1) is 5.82 Å². The molecule has 120 valence electrons. The van der Waals surface area contributed by atoms with Crippen LogP contribution in [0.2, 0.25) is 0 Å². The Kier molecular flexibility index (Phi) is 7.33. The number of rotatable bonds is 9. The molecule has 21 heavy (non-hydrogen) atoms. The van der Waals surface area contributed by atoms with Crippen molar-refractivity contribution in [3.63, 3.8) is 0 Å². The summed E-state index contributed by atoms with van der Waals surface area (Å²) >= 11 is 0. The molecule has 1 N–H and O–H groups in total. The van der Waals surface area contributed by atoms with Gasteiger partial charge >= 0.3 is 0 Å². The highest BCUT2D eigenvalue weighted by molar-refractivity contribution is 5.18. The standard InChI is InChI=1S/C18H31FN2/c1-6-12-20-17(18(4,5)21(7-2)8-3)14-15-10-9-11-16(19)13-15/h9-11,13,17,20H,6-8,12,14H2,1-5H3. The fraction of sp³-hybridized carbons (Fsp3) is 0.667. The third-order valence-electron chi connectivity index (χ3n) is 4.40. The number of hydrogen-bond donors (Lipinski definition) is 1. The molecule has 0 aromatic heterocycles. The Balaban J connectivity index is 2.93. The highest BCUT2D eigenvalue weighted by atomic mass is 19.1. The van der Waals surface area contributed by atoms with Crippen LogP contribution in [0.4, 0.5) is 4.39 Å². The number of nitrogens with one attached hydrogen (secondary N) is 1. The van der Waals surface area contributed by atoms with E-state index in [0.717, 1.165) is 38.0 Å². The summed E-state index contributed by atoms with van der Waals surface area (Å²) < 4.78 is 13.4. The second kappa shape index (κ2) is 8.50. The highest BCUT2D eigenvalue weighted by Crippen LogP contribution is 2.22. The van der Waals surface area contributed by atoms with Crippen LogP contribution in [0.5, 0.6) is 0 Å². The number of hydrogen-bond acceptors (Lipinski definition) is 2. The van der Waals surface area contributed by atoms with Crippen molar-refractivity contribution in [3.8, 4) is 0 Å². The second-order valence-electron chi connectivity index (χ2n) is 6.17. The molecule has 0 radical (unpaired) electrons. The first kappa shape index (κ1) is 18.1. The van der Waals surface area contributed by atoms with Gasteiger partial charge in [-0.15, -0.1) is 0 Å². The van der Waals surface area contributed by atoms with E-state index in [2.05, 4.69) is 44.8 Å². The van der Waals surface area contributed by atoms with Crippen LogP contribution in [0.1, 0.15) is 46.6 Å². The van der Waals surface area contributed by atoms with Gasteiger partial charge in [-0.25, -0.2) is 4.39 Å². The number of nitrogens with zero attached hydrogens (tertiary/aromatic N) is 1. The first-order chi connectivity index (χ1) is 9.95. The molecule has 1 aromatic carbocycles. The SMILES string of the molecule is CCCNC(Cc1cccc(F)c1)C(C)(C)N(CC)CC. The lowest BCUT2D eigenvalue weighted by molar-refractivity contribution is 0.0911. The zero-order chi connectivity index (χ0) is 15.9. The second-order valence-corrected chi connectivity index (χ2v) is 6.17. The summed E-state index contributed by atoms with van der Waals surface area (Å²) in [6, 6.07) is 7.28. The summed E-state index contributed by atoms with van der Waals surface area (Å²) in [6.07, 6.45) is 1.95. The van der Waals surface area contributed by atoms with Crippen molar-refractivity contribution in [2.45, 2.75) is 59.0 Å². The Morgan fingerprint density at radius 2 is 1.86 bits per heavy atom. The van der Waals surface area contributed by atoms with E-state index in [9.17, 15) is 4.39 Å². The van der Waals surface area contributed by atoms with Crippen LogP contribution in [0.3, 0.4) is 0 Å². The van der Waals surface area contributed by atoms with E-state index in [-0.39, 0.29) is 11.4 Å². The molecule has 0 heterocycles. The molecular formula is C18H31FN2. The van der Waals surface area contributed by atoms with Gasteiger partial charge in [0.05, 0.1) is 0 Å². The molecule has 1 aromatic rings. The van der Waals surface area contributed by atoms with Crippen LogP contribution in [-0.4, -0.2) is 36.1 Å². The van der Waals surface area contributed by atoms with Gasteiger partial charge in [0.25, 0.3) is 0 Å². The molecule has 0 aliphatic heterocycles. The van der Waals surface area contributed by atoms with Gasteiger partial charge in [0.15, 0.2) is 0 Å². The van der Waals surface area contributed by atoms with Gasteiger partial charge < -0.3 is 5.32 Å². The van der Waals surface area contributed by atoms with E-state index in [4.69, 9.17) is 0 Å². The Bertz CT molecular complexity index is 413. The van der Waals surface area contributed by atoms with Crippen molar-refractivity contribution in [1.82, 2.24) is 10.2 Å². The first-order valence-electron chi connectivity index (χ1n) is 8.18. The van der Waals surface area contributed by atoms with Gasteiger partial charge in [-0.05, 0) is 64.0 Å². The van der Waals surface area contributed by atoms with Crippen LogP contribution < -0.4 is 5.32 Å². The third kappa shape index (κ3) is 5.08. The Labute approximate surface area is 129 Å². The fourth-order valence-electron chi connectivity index (χ4n) is 3.05. The van der Waals surface area contributed by atoms with E-state index in [1.807, 2.05) is 6.07 Å². The van der Waals surface area contributed by atoms with Gasteiger partial charge in [-0.1, -0.05) is 32.9 Å². The van der Waals surface area contributed by atoms with Crippen molar-refractivity contribution >= 4 is 0 Å². The molecule has 0 saturated carbocycles. The Hall–Kier alpha value is -0.930. The lowest BCUT2D eigenvalue weighted by atomic mass is 9.87. The molecule has 0 aliphatic carbocycles. The van der Waals surface area contributed by atoms with Gasteiger partial charge in [0, 0.05) is 11.6 Å². The summed E-state index contributed by atoms with van der Waals surface area (Å²) in [7, 11) is 0. The molecule has 3 heteroatoms. The van der Waals surface area contributed by atoms with E-state index in [1.165, 1.54) is 6.07 Å². The molecule has 1 rings (SSSR count). The normalized spacial score (nSPS) is 13.7. The molecule has 1 unspecified atom stereocenters.